The van der Waals surface area contributed by atoms with Crippen LogP contribution in [0.5, 0.6) is 0 Å². The van der Waals surface area contributed by atoms with Crippen LogP contribution in [0.2, 0.25) is 0 Å². The predicted octanol–water partition coefficient (Wildman–Crippen LogP) is 0.759. The van der Waals surface area contributed by atoms with Gasteiger partial charge in [-0.05, 0) is 25.7 Å². The molecular weight excluding hydrogens is 266 g/mol. The summed E-state index contributed by atoms with van der Waals surface area (Å²) in [6, 6.07) is -0.135. The Morgan fingerprint density at radius 1 is 1.21 bits per heavy atom. The summed E-state index contributed by atoms with van der Waals surface area (Å²) in [5.74, 6) is 0.195. The molecule has 0 aliphatic carbocycles. The fourth-order valence-corrected chi connectivity index (χ4v) is 2.89. The van der Waals surface area contributed by atoms with Gasteiger partial charge in [-0.15, -0.1) is 12.4 Å². The maximum absolute atomic E-state index is 12.5. The molecule has 2 heterocycles. The Bertz CT molecular complexity index is 338. The van der Waals surface area contributed by atoms with Gasteiger partial charge in [0.2, 0.25) is 11.8 Å². The highest BCUT2D eigenvalue weighted by atomic mass is 35.5. The Kier molecular flexibility index (Phi) is 6.07. The second kappa shape index (κ2) is 7.10. The molecule has 2 amide bonds. The van der Waals surface area contributed by atoms with Crippen LogP contribution in [0.3, 0.4) is 0 Å². The number of hydrogen-bond donors (Lipinski definition) is 1. The number of hydrogen-bond acceptors (Lipinski definition) is 3. The van der Waals surface area contributed by atoms with Gasteiger partial charge < -0.3 is 15.5 Å². The lowest BCUT2D eigenvalue weighted by Crippen LogP contribution is -2.52. The van der Waals surface area contributed by atoms with E-state index in [1.54, 1.807) is 4.90 Å². The number of halogens is 1. The van der Waals surface area contributed by atoms with Crippen molar-refractivity contribution in [1.82, 2.24) is 9.80 Å². The minimum atomic E-state index is -0.239. The zero-order valence-corrected chi connectivity index (χ0v) is 12.3. The zero-order chi connectivity index (χ0) is 13.1. The number of carbonyl (C=O) groups excluding carboxylic acids is 2. The summed E-state index contributed by atoms with van der Waals surface area (Å²) < 4.78 is 0. The van der Waals surface area contributed by atoms with E-state index in [4.69, 9.17) is 5.73 Å². The highest BCUT2D eigenvalue weighted by molar-refractivity contribution is 5.88. The molecule has 0 aromatic carbocycles. The van der Waals surface area contributed by atoms with Crippen molar-refractivity contribution in [1.29, 1.82) is 0 Å². The van der Waals surface area contributed by atoms with Gasteiger partial charge >= 0.3 is 0 Å². The van der Waals surface area contributed by atoms with Crippen molar-refractivity contribution in [3.8, 4) is 0 Å². The molecule has 6 heteroatoms. The third-order valence-electron chi connectivity index (χ3n) is 3.95. The molecule has 2 aliphatic heterocycles. The molecule has 0 bridgehead atoms. The van der Waals surface area contributed by atoms with Gasteiger partial charge in [-0.25, -0.2) is 0 Å². The lowest BCUT2D eigenvalue weighted by molar-refractivity contribution is -0.146. The minimum Gasteiger partial charge on any atom is -0.339 e. The van der Waals surface area contributed by atoms with Gasteiger partial charge in [-0.2, -0.15) is 0 Å². The molecule has 0 saturated carbocycles. The lowest BCUT2D eigenvalue weighted by Gasteiger charge is -2.36. The van der Waals surface area contributed by atoms with E-state index in [0.29, 0.717) is 13.0 Å². The average molecular weight is 290 g/mol. The molecular formula is C13H24ClN3O2. The number of rotatable bonds is 2. The molecule has 19 heavy (non-hydrogen) atoms. The van der Waals surface area contributed by atoms with Crippen molar-refractivity contribution in [2.75, 3.05) is 19.6 Å². The molecule has 1 unspecified atom stereocenters. The number of nitrogens with two attached hydrogens (primary N) is 1. The van der Waals surface area contributed by atoms with E-state index in [-0.39, 0.29) is 36.3 Å². The van der Waals surface area contributed by atoms with E-state index in [1.165, 1.54) is 0 Å². The smallest absolute Gasteiger partial charge is 0.245 e. The third kappa shape index (κ3) is 3.60. The van der Waals surface area contributed by atoms with Crippen molar-refractivity contribution in [2.24, 2.45) is 5.73 Å². The molecule has 2 saturated heterocycles. The fourth-order valence-electron chi connectivity index (χ4n) is 2.89. The molecule has 5 nitrogen and oxygen atoms in total. The van der Waals surface area contributed by atoms with Crippen LogP contribution in [0.15, 0.2) is 0 Å². The first-order valence-electron chi connectivity index (χ1n) is 6.97. The number of piperidine rings is 1. The van der Waals surface area contributed by atoms with E-state index in [1.807, 2.05) is 11.8 Å². The summed E-state index contributed by atoms with van der Waals surface area (Å²) in [5, 5.41) is 0. The van der Waals surface area contributed by atoms with E-state index >= 15 is 0 Å². The number of likely N-dealkylation sites (tertiary alicyclic amines) is 2. The van der Waals surface area contributed by atoms with Crippen LogP contribution in [-0.2, 0) is 9.59 Å². The van der Waals surface area contributed by atoms with Crippen molar-refractivity contribution >= 4 is 24.2 Å². The molecule has 110 valence electrons. The Morgan fingerprint density at radius 3 is 2.53 bits per heavy atom. The first kappa shape index (κ1) is 16.2. The van der Waals surface area contributed by atoms with Crippen LogP contribution in [0.4, 0.5) is 0 Å². The van der Waals surface area contributed by atoms with Crippen LogP contribution in [-0.4, -0.2) is 53.3 Å². The molecule has 2 fully saturated rings. The van der Waals surface area contributed by atoms with Crippen molar-refractivity contribution in [3.63, 3.8) is 0 Å². The molecule has 0 aromatic rings. The van der Waals surface area contributed by atoms with Gasteiger partial charge in [0, 0.05) is 32.1 Å². The van der Waals surface area contributed by atoms with Crippen LogP contribution >= 0.6 is 12.4 Å². The molecule has 2 rings (SSSR count). The topological polar surface area (TPSA) is 66.6 Å². The van der Waals surface area contributed by atoms with Gasteiger partial charge in [-0.1, -0.05) is 6.92 Å². The second-order valence-corrected chi connectivity index (χ2v) is 5.29. The highest BCUT2D eigenvalue weighted by Crippen LogP contribution is 2.21. The quantitative estimate of drug-likeness (QED) is 0.816. The average Bonchev–Trinajstić information content (AvgIpc) is 2.83. The molecule has 0 radical (unpaired) electrons. The van der Waals surface area contributed by atoms with Crippen molar-refractivity contribution in [3.05, 3.63) is 0 Å². The molecule has 0 aromatic heterocycles. The normalized spacial score (nSPS) is 27.1. The summed E-state index contributed by atoms with van der Waals surface area (Å²) in [5.41, 5.74) is 5.84. The van der Waals surface area contributed by atoms with E-state index in [0.717, 1.165) is 38.8 Å². The first-order chi connectivity index (χ1) is 8.63. The number of amides is 2. The fraction of sp³-hybridized carbons (Fsp3) is 0.846. The number of nitrogens with zero attached hydrogens (tertiary/aromatic N) is 2. The minimum absolute atomic E-state index is 0. The van der Waals surface area contributed by atoms with E-state index in [2.05, 4.69) is 0 Å². The summed E-state index contributed by atoms with van der Waals surface area (Å²) in [6.45, 7) is 3.96. The van der Waals surface area contributed by atoms with Crippen LogP contribution < -0.4 is 5.73 Å². The maximum Gasteiger partial charge on any atom is 0.245 e. The monoisotopic (exact) mass is 289 g/mol. The molecule has 0 spiro atoms. The van der Waals surface area contributed by atoms with E-state index in [9.17, 15) is 9.59 Å². The summed E-state index contributed by atoms with van der Waals surface area (Å²) in [4.78, 5) is 27.9. The van der Waals surface area contributed by atoms with Crippen molar-refractivity contribution in [2.45, 2.75) is 51.1 Å². The Labute approximate surface area is 120 Å². The standard InChI is InChI=1S/C13H23N3O2.ClH/c1-2-12(17)16-7-4-3-5-11(16)13(18)15-8-6-10(14)9-15;/h10-11H,2-9,14H2,1H3;1H/t10-,11?;/m1./s1. The summed E-state index contributed by atoms with van der Waals surface area (Å²) >= 11 is 0. The maximum atomic E-state index is 12.5. The van der Waals surface area contributed by atoms with Crippen molar-refractivity contribution < 1.29 is 9.59 Å². The molecule has 2 N–H and O–H groups in total. The molecule has 2 aliphatic rings. The summed E-state index contributed by atoms with van der Waals surface area (Å²) in [7, 11) is 0. The Morgan fingerprint density at radius 2 is 1.95 bits per heavy atom. The SMILES string of the molecule is CCC(=O)N1CCCCC1C(=O)N1CC[C@@H](N)C1.Cl. The van der Waals surface area contributed by atoms with Crippen LogP contribution in [0.1, 0.15) is 39.0 Å². The third-order valence-corrected chi connectivity index (χ3v) is 3.95. The van der Waals surface area contributed by atoms with Gasteiger partial charge in [0.15, 0.2) is 0 Å². The second-order valence-electron chi connectivity index (χ2n) is 5.29. The largest absolute Gasteiger partial charge is 0.339 e. The Balaban J connectivity index is 0.00000180. The van der Waals surface area contributed by atoms with Gasteiger partial charge in [0.25, 0.3) is 0 Å². The predicted molar refractivity (Wildman–Crippen MR) is 76.1 cm³/mol. The highest BCUT2D eigenvalue weighted by Gasteiger charge is 2.36. The Hall–Kier alpha value is -0.810. The lowest BCUT2D eigenvalue weighted by atomic mass is 10.0. The van der Waals surface area contributed by atoms with Gasteiger partial charge in [0.1, 0.15) is 6.04 Å². The first-order valence-corrected chi connectivity index (χ1v) is 6.97. The van der Waals surface area contributed by atoms with Gasteiger partial charge in [0.05, 0.1) is 0 Å². The molecule has 2 atom stereocenters. The van der Waals surface area contributed by atoms with Gasteiger partial charge in [-0.3, -0.25) is 9.59 Å². The van der Waals surface area contributed by atoms with Crippen LogP contribution in [0.25, 0.3) is 0 Å². The zero-order valence-electron chi connectivity index (χ0n) is 11.5. The summed E-state index contributed by atoms with van der Waals surface area (Å²) in [6.07, 6.45) is 4.19. The van der Waals surface area contributed by atoms with E-state index < -0.39 is 0 Å². The number of carbonyl (C=O) groups is 2. The van der Waals surface area contributed by atoms with Crippen LogP contribution in [0, 0.1) is 0 Å².